The smallest absolute Gasteiger partial charge is 0.375 e. The second kappa shape index (κ2) is 5.74. The van der Waals surface area contributed by atoms with Gasteiger partial charge in [-0.1, -0.05) is 5.16 Å². The highest BCUT2D eigenvalue weighted by molar-refractivity contribution is 8.01. The van der Waals surface area contributed by atoms with E-state index in [-0.39, 0.29) is 35.0 Å². The van der Waals surface area contributed by atoms with Gasteiger partial charge in [-0.15, -0.1) is 0 Å². The summed E-state index contributed by atoms with van der Waals surface area (Å²) in [5.74, 6) is -1.95. The van der Waals surface area contributed by atoms with E-state index in [1.807, 2.05) is 5.32 Å². The number of halogens is 3. The number of hydrogen-bond donors (Lipinski definition) is 1. The number of nitrogens with one attached hydrogen (secondary N) is 1. The first-order valence-corrected chi connectivity index (χ1v) is 6.55. The van der Waals surface area contributed by atoms with Gasteiger partial charge in [0.25, 0.3) is 0 Å². The Morgan fingerprint density at radius 3 is 2.65 bits per heavy atom. The Labute approximate surface area is 117 Å². The van der Waals surface area contributed by atoms with E-state index in [1.54, 1.807) is 6.92 Å². The van der Waals surface area contributed by atoms with Crippen molar-refractivity contribution in [3.05, 3.63) is 30.1 Å². The van der Waals surface area contributed by atoms with E-state index in [9.17, 15) is 18.0 Å². The third-order valence-electron chi connectivity index (χ3n) is 2.41. The van der Waals surface area contributed by atoms with E-state index in [1.165, 1.54) is 12.1 Å². The predicted octanol–water partition coefficient (Wildman–Crippen LogP) is 2.75. The summed E-state index contributed by atoms with van der Waals surface area (Å²) in [6, 6.07) is 4.46. The number of amides is 1. The molecule has 0 radical (unpaired) electrons. The molecule has 1 aromatic carbocycles. The third kappa shape index (κ3) is 3.66. The maximum atomic E-state index is 13.7. The van der Waals surface area contributed by atoms with Crippen molar-refractivity contribution in [2.45, 2.75) is 29.6 Å². The first-order chi connectivity index (χ1) is 9.37. The summed E-state index contributed by atoms with van der Waals surface area (Å²) in [7, 11) is 0. The zero-order valence-electron chi connectivity index (χ0n) is 10.4. The standard InChI is InChI=1S/C12H11F3N2O2S/c1-7-6-10(17-19-7)16-11(18)12(14,15)20-9-4-2-8(13)3-5-9/h2-5,7H,6H2,1H3,(H,16,17,18). The molecular formula is C12H11F3N2O2S. The van der Waals surface area contributed by atoms with Gasteiger partial charge in [-0.05, 0) is 43.0 Å². The molecule has 2 rings (SSSR count). The molecule has 0 spiro atoms. The molecule has 108 valence electrons. The molecule has 1 unspecified atom stereocenters. The Morgan fingerprint density at radius 1 is 1.45 bits per heavy atom. The van der Waals surface area contributed by atoms with Crippen LogP contribution in [0.1, 0.15) is 13.3 Å². The van der Waals surface area contributed by atoms with Crippen molar-refractivity contribution >= 4 is 23.5 Å². The number of carbonyl (C=O) groups is 1. The number of hydrogen-bond acceptors (Lipinski definition) is 4. The molecule has 1 atom stereocenters. The minimum atomic E-state index is -3.69. The fourth-order valence-corrected chi connectivity index (χ4v) is 2.19. The fraction of sp³-hybridized carbons (Fsp3) is 0.333. The third-order valence-corrected chi connectivity index (χ3v) is 3.36. The van der Waals surface area contributed by atoms with E-state index in [4.69, 9.17) is 4.84 Å². The van der Waals surface area contributed by atoms with Gasteiger partial charge in [-0.25, -0.2) is 4.39 Å². The molecule has 1 aliphatic rings. The summed E-state index contributed by atoms with van der Waals surface area (Å²) in [4.78, 5) is 16.4. The van der Waals surface area contributed by atoms with Crippen molar-refractivity contribution in [2.75, 3.05) is 0 Å². The first-order valence-electron chi connectivity index (χ1n) is 5.73. The number of rotatable bonds is 3. The molecule has 8 heteroatoms. The average Bonchev–Trinajstić information content (AvgIpc) is 2.77. The Balaban J connectivity index is 1.98. The lowest BCUT2D eigenvalue weighted by atomic mass is 10.3. The van der Waals surface area contributed by atoms with Crippen LogP contribution in [-0.2, 0) is 9.63 Å². The van der Waals surface area contributed by atoms with Gasteiger partial charge < -0.3 is 10.2 Å². The predicted molar refractivity (Wildman–Crippen MR) is 67.9 cm³/mol. The minimum absolute atomic E-state index is 0.0390. The van der Waals surface area contributed by atoms with Gasteiger partial charge in [0.1, 0.15) is 11.9 Å². The molecule has 0 saturated heterocycles. The van der Waals surface area contributed by atoms with E-state index in [0.29, 0.717) is 0 Å². The van der Waals surface area contributed by atoms with Crippen molar-refractivity contribution in [1.29, 1.82) is 0 Å². The van der Waals surface area contributed by atoms with Crippen LogP contribution in [0.15, 0.2) is 34.3 Å². The van der Waals surface area contributed by atoms with Crippen LogP contribution in [0.25, 0.3) is 0 Å². The van der Waals surface area contributed by atoms with Crippen molar-refractivity contribution < 1.29 is 22.8 Å². The topological polar surface area (TPSA) is 50.7 Å². The van der Waals surface area contributed by atoms with Crippen LogP contribution in [0.5, 0.6) is 0 Å². The van der Waals surface area contributed by atoms with Crippen LogP contribution >= 0.6 is 11.8 Å². The highest BCUT2D eigenvalue weighted by Crippen LogP contribution is 2.36. The summed E-state index contributed by atoms with van der Waals surface area (Å²) in [6.45, 7) is 1.70. The second-order valence-electron chi connectivity index (χ2n) is 4.19. The lowest BCUT2D eigenvalue weighted by Crippen LogP contribution is -2.41. The van der Waals surface area contributed by atoms with Gasteiger partial charge in [-0.2, -0.15) is 8.78 Å². The van der Waals surface area contributed by atoms with Gasteiger partial charge in [0, 0.05) is 11.3 Å². The van der Waals surface area contributed by atoms with E-state index >= 15 is 0 Å². The van der Waals surface area contributed by atoms with Crippen molar-refractivity contribution in [3.8, 4) is 0 Å². The first kappa shape index (κ1) is 14.7. The van der Waals surface area contributed by atoms with Crippen molar-refractivity contribution in [2.24, 2.45) is 5.16 Å². The molecule has 1 amide bonds. The average molecular weight is 304 g/mol. The summed E-state index contributed by atoms with van der Waals surface area (Å²) in [5.41, 5.74) is 0. The molecule has 0 aliphatic carbocycles. The fourth-order valence-electron chi connectivity index (χ4n) is 1.48. The van der Waals surface area contributed by atoms with Gasteiger partial charge >= 0.3 is 11.2 Å². The van der Waals surface area contributed by atoms with Crippen LogP contribution in [0.4, 0.5) is 13.2 Å². The maximum Gasteiger partial charge on any atom is 0.375 e. The minimum Gasteiger partial charge on any atom is -0.391 e. The zero-order valence-corrected chi connectivity index (χ0v) is 11.2. The number of alkyl halides is 2. The Morgan fingerprint density at radius 2 is 2.10 bits per heavy atom. The van der Waals surface area contributed by atoms with Gasteiger partial charge in [0.05, 0.1) is 0 Å². The van der Waals surface area contributed by atoms with Crippen LogP contribution in [-0.4, -0.2) is 23.1 Å². The Bertz CT molecular complexity index is 534. The summed E-state index contributed by atoms with van der Waals surface area (Å²) < 4.78 is 40.1. The molecule has 0 bridgehead atoms. The van der Waals surface area contributed by atoms with Crippen molar-refractivity contribution in [3.63, 3.8) is 0 Å². The van der Waals surface area contributed by atoms with Crippen molar-refractivity contribution in [1.82, 2.24) is 5.32 Å². The van der Waals surface area contributed by atoms with Gasteiger partial charge in [-0.3, -0.25) is 4.79 Å². The number of benzene rings is 1. The molecule has 1 N–H and O–H groups in total. The summed E-state index contributed by atoms with van der Waals surface area (Å²) in [6.07, 6.45) is 0.0203. The molecule has 0 aromatic heterocycles. The summed E-state index contributed by atoms with van der Waals surface area (Å²) in [5, 5.41) is 1.82. The molecule has 1 aliphatic heterocycles. The molecule has 4 nitrogen and oxygen atoms in total. The van der Waals surface area contributed by atoms with Crippen LogP contribution in [0, 0.1) is 5.82 Å². The largest absolute Gasteiger partial charge is 0.391 e. The lowest BCUT2D eigenvalue weighted by Gasteiger charge is -2.14. The quantitative estimate of drug-likeness (QED) is 0.874. The SMILES string of the molecule is CC1CC(NC(=O)C(F)(F)Sc2ccc(F)cc2)=NO1. The van der Waals surface area contributed by atoms with Gasteiger partial charge in [0.15, 0.2) is 5.84 Å². The summed E-state index contributed by atoms with van der Waals surface area (Å²) >= 11 is 0.0390. The highest BCUT2D eigenvalue weighted by Gasteiger charge is 2.41. The second-order valence-corrected chi connectivity index (χ2v) is 5.37. The monoisotopic (exact) mass is 304 g/mol. The van der Waals surface area contributed by atoms with E-state index < -0.39 is 17.0 Å². The van der Waals surface area contributed by atoms with Crippen LogP contribution in [0.2, 0.25) is 0 Å². The Hall–Kier alpha value is -1.70. The van der Waals surface area contributed by atoms with Crippen LogP contribution in [0.3, 0.4) is 0 Å². The van der Waals surface area contributed by atoms with Gasteiger partial charge in [0.2, 0.25) is 0 Å². The number of oxime groups is 1. The molecule has 0 fully saturated rings. The number of thioether (sulfide) groups is 1. The molecule has 20 heavy (non-hydrogen) atoms. The van der Waals surface area contributed by atoms with Crippen LogP contribution < -0.4 is 5.32 Å². The number of nitrogens with zero attached hydrogens (tertiary/aromatic N) is 1. The molecule has 1 aromatic rings. The number of amidine groups is 1. The highest BCUT2D eigenvalue weighted by atomic mass is 32.2. The molecule has 0 saturated carbocycles. The molecule has 1 heterocycles. The number of carbonyl (C=O) groups excluding carboxylic acids is 1. The van der Waals surface area contributed by atoms with E-state index in [2.05, 4.69) is 5.16 Å². The normalized spacial score (nSPS) is 18.4. The maximum absolute atomic E-state index is 13.7. The Kier molecular flexibility index (Phi) is 4.22. The van der Waals surface area contributed by atoms with E-state index in [0.717, 1.165) is 12.1 Å². The molecular weight excluding hydrogens is 293 g/mol. The lowest BCUT2D eigenvalue weighted by molar-refractivity contribution is -0.133. The zero-order chi connectivity index (χ0) is 14.8.